The van der Waals surface area contributed by atoms with E-state index in [9.17, 15) is 4.79 Å². The first-order valence-electron chi connectivity index (χ1n) is 4.33. The second kappa shape index (κ2) is 5.42. The first-order valence-corrected chi connectivity index (χ1v) is 4.33. The van der Waals surface area contributed by atoms with E-state index in [2.05, 4.69) is 0 Å². The molecule has 0 saturated carbocycles. The first-order chi connectivity index (χ1) is 5.61. The molecule has 78 valence electrons. The van der Waals surface area contributed by atoms with Crippen LogP contribution in [0.15, 0.2) is 0 Å². The number of piperidine rings is 1. The largest absolute Gasteiger partial charge is 0.384 e. The third-order valence-electron chi connectivity index (χ3n) is 2.21. The summed E-state index contributed by atoms with van der Waals surface area (Å²) in [5.41, 5.74) is 5.67. The summed E-state index contributed by atoms with van der Waals surface area (Å²) in [4.78, 5) is 12.9. The van der Waals surface area contributed by atoms with Crippen molar-refractivity contribution in [2.75, 3.05) is 13.1 Å². The third-order valence-corrected chi connectivity index (χ3v) is 2.21. The molecule has 3 N–H and O–H groups in total. The summed E-state index contributed by atoms with van der Waals surface area (Å²) in [6, 6.07) is 0.225. The monoisotopic (exact) mass is 208 g/mol. The summed E-state index contributed by atoms with van der Waals surface area (Å²) < 4.78 is 0. The van der Waals surface area contributed by atoms with Gasteiger partial charge in [0, 0.05) is 19.1 Å². The van der Waals surface area contributed by atoms with Crippen molar-refractivity contribution in [3.8, 4) is 0 Å². The Bertz CT molecular complexity index is 168. The molecule has 1 heterocycles. The molecule has 1 rings (SSSR count). The van der Waals surface area contributed by atoms with Crippen LogP contribution in [0, 0.1) is 0 Å². The quantitative estimate of drug-likeness (QED) is 0.624. The molecule has 1 amide bonds. The highest BCUT2D eigenvalue weighted by atomic mass is 35.5. The molecular weight excluding hydrogens is 192 g/mol. The highest BCUT2D eigenvalue weighted by Crippen LogP contribution is 2.09. The number of aliphatic hydroxyl groups is 1. The van der Waals surface area contributed by atoms with Gasteiger partial charge in [-0.2, -0.15) is 0 Å². The van der Waals surface area contributed by atoms with Gasteiger partial charge in [-0.25, -0.2) is 0 Å². The van der Waals surface area contributed by atoms with E-state index in [1.165, 1.54) is 6.92 Å². The summed E-state index contributed by atoms with van der Waals surface area (Å²) in [5.74, 6) is -0.179. The standard InChI is InChI=1S/C8H16N2O2.ClH/c1-6(11)8(12)10-4-2-7(9)3-5-10;/h6-7,11H,2-5,9H2,1H3;1H/t6-;/m0./s1. The van der Waals surface area contributed by atoms with Crippen LogP contribution in [-0.4, -0.2) is 41.1 Å². The fraction of sp³-hybridized carbons (Fsp3) is 0.875. The number of carbonyl (C=O) groups is 1. The number of rotatable bonds is 1. The number of hydrogen-bond donors (Lipinski definition) is 2. The average Bonchev–Trinajstić information content (AvgIpc) is 2.04. The van der Waals surface area contributed by atoms with E-state index in [0.29, 0.717) is 13.1 Å². The topological polar surface area (TPSA) is 66.6 Å². The number of hydrogen-bond acceptors (Lipinski definition) is 3. The lowest BCUT2D eigenvalue weighted by Crippen LogP contribution is -2.46. The van der Waals surface area contributed by atoms with Crippen molar-refractivity contribution < 1.29 is 9.90 Å². The van der Waals surface area contributed by atoms with Crippen LogP contribution in [0.5, 0.6) is 0 Å². The van der Waals surface area contributed by atoms with Gasteiger partial charge in [0.15, 0.2) is 0 Å². The SMILES string of the molecule is C[C@H](O)C(=O)N1CCC(N)CC1.Cl. The minimum atomic E-state index is -0.876. The molecule has 0 radical (unpaired) electrons. The van der Waals surface area contributed by atoms with Crippen molar-refractivity contribution in [3.05, 3.63) is 0 Å². The zero-order valence-electron chi connectivity index (χ0n) is 7.77. The Hall–Kier alpha value is -0.320. The molecule has 4 nitrogen and oxygen atoms in total. The smallest absolute Gasteiger partial charge is 0.251 e. The van der Waals surface area contributed by atoms with Crippen molar-refractivity contribution in [2.45, 2.75) is 31.9 Å². The van der Waals surface area contributed by atoms with Gasteiger partial charge in [-0.3, -0.25) is 4.79 Å². The molecule has 0 spiro atoms. The van der Waals surface area contributed by atoms with Gasteiger partial charge in [-0.05, 0) is 19.8 Å². The van der Waals surface area contributed by atoms with Gasteiger partial charge < -0.3 is 15.7 Å². The van der Waals surface area contributed by atoms with Crippen molar-refractivity contribution in [3.63, 3.8) is 0 Å². The van der Waals surface area contributed by atoms with Crippen molar-refractivity contribution in [1.29, 1.82) is 0 Å². The molecule has 1 fully saturated rings. The zero-order chi connectivity index (χ0) is 9.14. The lowest BCUT2D eigenvalue weighted by molar-refractivity contribution is -0.140. The van der Waals surface area contributed by atoms with Crippen LogP contribution in [0.4, 0.5) is 0 Å². The van der Waals surface area contributed by atoms with Gasteiger partial charge in [0.1, 0.15) is 6.10 Å². The molecule has 1 aliphatic rings. The Morgan fingerprint density at radius 3 is 2.38 bits per heavy atom. The Morgan fingerprint density at radius 1 is 1.54 bits per heavy atom. The van der Waals surface area contributed by atoms with Crippen LogP contribution >= 0.6 is 12.4 Å². The summed E-state index contributed by atoms with van der Waals surface area (Å²) in [7, 11) is 0. The Labute approximate surface area is 84.5 Å². The van der Waals surface area contributed by atoms with Gasteiger partial charge in [-0.1, -0.05) is 0 Å². The van der Waals surface area contributed by atoms with Gasteiger partial charge in [0.05, 0.1) is 0 Å². The second-order valence-corrected chi connectivity index (χ2v) is 3.34. The maximum absolute atomic E-state index is 11.2. The fourth-order valence-corrected chi connectivity index (χ4v) is 1.38. The molecule has 0 aliphatic carbocycles. The number of halogens is 1. The maximum Gasteiger partial charge on any atom is 0.251 e. The van der Waals surface area contributed by atoms with Gasteiger partial charge >= 0.3 is 0 Å². The van der Waals surface area contributed by atoms with Crippen molar-refractivity contribution >= 4 is 18.3 Å². The van der Waals surface area contributed by atoms with Crippen molar-refractivity contribution in [2.24, 2.45) is 5.73 Å². The molecule has 1 atom stereocenters. The van der Waals surface area contributed by atoms with E-state index in [0.717, 1.165) is 12.8 Å². The average molecular weight is 209 g/mol. The predicted molar refractivity (Wildman–Crippen MR) is 52.7 cm³/mol. The van der Waals surface area contributed by atoms with E-state index < -0.39 is 6.10 Å². The minimum absolute atomic E-state index is 0. The van der Waals surface area contributed by atoms with Crippen LogP contribution in [0.25, 0.3) is 0 Å². The molecule has 5 heteroatoms. The number of carbonyl (C=O) groups excluding carboxylic acids is 1. The molecule has 0 unspecified atom stereocenters. The number of aliphatic hydroxyl groups excluding tert-OH is 1. The van der Waals surface area contributed by atoms with Crippen LogP contribution in [0.3, 0.4) is 0 Å². The molecule has 0 aromatic carbocycles. The molecule has 0 aromatic rings. The highest BCUT2D eigenvalue weighted by Gasteiger charge is 2.22. The Balaban J connectivity index is 0.00000144. The van der Waals surface area contributed by atoms with E-state index in [-0.39, 0.29) is 24.4 Å². The molecular formula is C8H17ClN2O2. The van der Waals surface area contributed by atoms with Crippen LogP contribution < -0.4 is 5.73 Å². The summed E-state index contributed by atoms with van der Waals surface area (Å²) in [5, 5.41) is 9.02. The highest BCUT2D eigenvalue weighted by molar-refractivity contribution is 5.85. The van der Waals surface area contributed by atoms with Crippen LogP contribution in [-0.2, 0) is 4.79 Å². The van der Waals surface area contributed by atoms with E-state index in [1.807, 2.05) is 0 Å². The fourth-order valence-electron chi connectivity index (χ4n) is 1.38. The zero-order valence-corrected chi connectivity index (χ0v) is 8.59. The van der Waals surface area contributed by atoms with E-state index in [1.54, 1.807) is 4.90 Å². The molecule has 0 bridgehead atoms. The lowest BCUT2D eigenvalue weighted by Gasteiger charge is -2.30. The van der Waals surface area contributed by atoms with E-state index >= 15 is 0 Å². The summed E-state index contributed by atoms with van der Waals surface area (Å²) >= 11 is 0. The van der Waals surface area contributed by atoms with E-state index in [4.69, 9.17) is 10.8 Å². The van der Waals surface area contributed by atoms with Gasteiger partial charge in [-0.15, -0.1) is 12.4 Å². The molecule has 1 saturated heterocycles. The van der Waals surface area contributed by atoms with Gasteiger partial charge in [0.25, 0.3) is 5.91 Å². The summed E-state index contributed by atoms with van der Waals surface area (Å²) in [6.45, 7) is 2.87. The maximum atomic E-state index is 11.2. The Morgan fingerprint density at radius 2 is 2.00 bits per heavy atom. The van der Waals surface area contributed by atoms with Crippen LogP contribution in [0.1, 0.15) is 19.8 Å². The van der Waals surface area contributed by atoms with Crippen molar-refractivity contribution in [1.82, 2.24) is 4.90 Å². The molecule has 1 aliphatic heterocycles. The second-order valence-electron chi connectivity index (χ2n) is 3.34. The normalized spacial score (nSPS) is 20.7. The Kier molecular flexibility index (Phi) is 5.29. The number of likely N-dealkylation sites (tertiary alicyclic amines) is 1. The third kappa shape index (κ3) is 3.50. The number of amides is 1. The first kappa shape index (κ1) is 12.7. The number of nitrogens with two attached hydrogens (primary N) is 1. The molecule has 0 aromatic heterocycles. The molecule has 13 heavy (non-hydrogen) atoms. The summed E-state index contributed by atoms with van der Waals surface area (Å²) in [6.07, 6.45) is 0.816. The lowest BCUT2D eigenvalue weighted by atomic mass is 10.1. The van der Waals surface area contributed by atoms with Gasteiger partial charge in [0.2, 0.25) is 0 Å². The predicted octanol–water partition coefficient (Wildman–Crippen LogP) is -0.261. The van der Waals surface area contributed by atoms with Crippen LogP contribution in [0.2, 0.25) is 0 Å². The number of nitrogens with zero attached hydrogens (tertiary/aromatic N) is 1. The minimum Gasteiger partial charge on any atom is -0.384 e.